The fourth-order valence-corrected chi connectivity index (χ4v) is 2.78. The molecule has 0 saturated heterocycles. The van der Waals surface area contributed by atoms with Crippen LogP contribution < -0.4 is 5.73 Å². The Morgan fingerprint density at radius 1 is 1.16 bits per heavy atom. The first-order valence-electron chi connectivity index (χ1n) is 7.28. The molecule has 116 valence electrons. The smallest absolute Gasteiger partial charge is 0.0615 e. The lowest BCUT2D eigenvalue weighted by Crippen LogP contribution is -2.58. The van der Waals surface area contributed by atoms with Crippen molar-refractivity contribution in [3.63, 3.8) is 0 Å². The molecule has 2 N–H and O–H groups in total. The maximum absolute atomic E-state index is 6.39. The highest BCUT2D eigenvalue weighted by Crippen LogP contribution is 2.29. The normalized spacial score (nSPS) is 17.5. The van der Waals surface area contributed by atoms with Crippen molar-refractivity contribution in [1.29, 1.82) is 0 Å². The highest BCUT2D eigenvalue weighted by atomic mass is 16.5. The minimum Gasteiger partial charge on any atom is -0.383 e. The third kappa shape index (κ3) is 6.21. The van der Waals surface area contributed by atoms with Crippen LogP contribution in [0.2, 0.25) is 0 Å². The van der Waals surface area contributed by atoms with Crippen LogP contribution in [0.1, 0.15) is 41.0 Å². The molecule has 19 heavy (non-hydrogen) atoms. The van der Waals surface area contributed by atoms with Gasteiger partial charge in [-0.3, -0.25) is 4.90 Å². The second kappa shape index (κ2) is 8.90. The summed E-state index contributed by atoms with van der Waals surface area (Å²) >= 11 is 0. The van der Waals surface area contributed by atoms with Gasteiger partial charge < -0.3 is 15.2 Å². The zero-order valence-electron chi connectivity index (χ0n) is 13.9. The predicted molar refractivity (Wildman–Crippen MR) is 81.4 cm³/mol. The Labute approximate surface area is 119 Å². The van der Waals surface area contributed by atoms with Crippen LogP contribution in [0.15, 0.2) is 0 Å². The van der Waals surface area contributed by atoms with Crippen molar-refractivity contribution in [2.24, 2.45) is 11.1 Å². The first-order valence-corrected chi connectivity index (χ1v) is 7.28. The van der Waals surface area contributed by atoms with Gasteiger partial charge in [0.2, 0.25) is 0 Å². The highest BCUT2D eigenvalue weighted by Gasteiger charge is 2.36. The molecule has 0 saturated carbocycles. The summed E-state index contributed by atoms with van der Waals surface area (Å²) in [4.78, 5) is 2.45. The van der Waals surface area contributed by atoms with Gasteiger partial charge in [-0.25, -0.2) is 0 Å². The maximum Gasteiger partial charge on any atom is 0.0615 e. The summed E-state index contributed by atoms with van der Waals surface area (Å²) < 4.78 is 10.6. The van der Waals surface area contributed by atoms with Gasteiger partial charge in [-0.1, -0.05) is 27.7 Å². The summed E-state index contributed by atoms with van der Waals surface area (Å²) in [5.74, 6) is 0. The Morgan fingerprint density at radius 3 is 2.11 bits per heavy atom. The lowest BCUT2D eigenvalue weighted by molar-refractivity contribution is -0.00139. The van der Waals surface area contributed by atoms with E-state index in [0.29, 0.717) is 18.7 Å². The minimum absolute atomic E-state index is 0.130. The topological polar surface area (TPSA) is 47.7 Å². The number of methoxy groups -OCH3 is 2. The standard InChI is InChI=1S/C15H34N2O2/c1-8-13(16)14(15(3,4)5)17(9-10-18-6)12(2)11-19-7/h12-14H,8-11,16H2,1-7H3. The highest BCUT2D eigenvalue weighted by molar-refractivity contribution is 4.92. The van der Waals surface area contributed by atoms with Gasteiger partial charge >= 0.3 is 0 Å². The second-order valence-electron chi connectivity index (χ2n) is 6.42. The second-order valence-corrected chi connectivity index (χ2v) is 6.42. The molecule has 0 aliphatic carbocycles. The van der Waals surface area contributed by atoms with Crippen LogP contribution in [0.3, 0.4) is 0 Å². The molecule has 4 nitrogen and oxygen atoms in total. The predicted octanol–water partition coefficient (Wildman–Crippen LogP) is 2.12. The number of nitrogens with two attached hydrogens (primary N) is 1. The van der Waals surface area contributed by atoms with Gasteiger partial charge in [0.25, 0.3) is 0 Å². The molecule has 0 aliphatic rings. The van der Waals surface area contributed by atoms with Crippen molar-refractivity contribution < 1.29 is 9.47 Å². The molecule has 0 aromatic rings. The van der Waals surface area contributed by atoms with Crippen LogP contribution >= 0.6 is 0 Å². The molecule has 4 heteroatoms. The molecule has 0 aliphatic heterocycles. The largest absolute Gasteiger partial charge is 0.383 e. The monoisotopic (exact) mass is 274 g/mol. The first-order chi connectivity index (χ1) is 8.79. The van der Waals surface area contributed by atoms with Crippen molar-refractivity contribution in [2.45, 2.75) is 59.2 Å². The van der Waals surface area contributed by atoms with Crippen LogP contribution in [0.5, 0.6) is 0 Å². The van der Waals surface area contributed by atoms with Gasteiger partial charge in [-0.15, -0.1) is 0 Å². The Balaban J connectivity index is 5.11. The zero-order valence-corrected chi connectivity index (χ0v) is 13.9. The quantitative estimate of drug-likeness (QED) is 0.699. The first kappa shape index (κ1) is 18.8. The Kier molecular flexibility index (Phi) is 8.83. The summed E-state index contributed by atoms with van der Waals surface area (Å²) in [5, 5.41) is 0. The molecule has 0 spiro atoms. The molecule has 0 rings (SSSR count). The van der Waals surface area contributed by atoms with Gasteiger partial charge in [-0.2, -0.15) is 0 Å². The van der Waals surface area contributed by atoms with Gasteiger partial charge in [-0.05, 0) is 18.8 Å². The SMILES string of the molecule is CCC(N)C(N(CCOC)C(C)COC)C(C)(C)C. The summed E-state index contributed by atoms with van der Waals surface area (Å²) in [6, 6.07) is 0.816. The summed E-state index contributed by atoms with van der Waals surface area (Å²) in [5.41, 5.74) is 6.52. The van der Waals surface area contributed by atoms with Crippen LogP contribution in [0, 0.1) is 5.41 Å². The molecular formula is C15H34N2O2. The molecular weight excluding hydrogens is 240 g/mol. The number of hydrogen-bond donors (Lipinski definition) is 1. The Bertz CT molecular complexity index is 229. The average molecular weight is 274 g/mol. The molecule has 3 unspecified atom stereocenters. The van der Waals surface area contributed by atoms with Gasteiger partial charge in [0.05, 0.1) is 13.2 Å². The van der Waals surface area contributed by atoms with Gasteiger partial charge in [0, 0.05) is 38.9 Å². The maximum atomic E-state index is 6.39. The lowest BCUT2D eigenvalue weighted by Gasteiger charge is -2.46. The molecule has 0 aromatic heterocycles. The van der Waals surface area contributed by atoms with Crippen molar-refractivity contribution in [3.05, 3.63) is 0 Å². The summed E-state index contributed by atoms with van der Waals surface area (Å²) in [6.45, 7) is 13.4. The van der Waals surface area contributed by atoms with E-state index in [1.165, 1.54) is 0 Å². The zero-order chi connectivity index (χ0) is 15.1. The Hall–Kier alpha value is -0.160. The molecule has 0 bridgehead atoms. The number of nitrogens with zero attached hydrogens (tertiary/aromatic N) is 1. The molecule has 3 atom stereocenters. The molecule has 0 aromatic carbocycles. The third-order valence-electron chi connectivity index (χ3n) is 3.65. The van der Waals surface area contributed by atoms with E-state index in [1.807, 2.05) is 0 Å². The van der Waals surface area contributed by atoms with E-state index >= 15 is 0 Å². The molecule has 0 amide bonds. The van der Waals surface area contributed by atoms with E-state index in [9.17, 15) is 0 Å². The molecule has 0 heterocycles. The van der Waals surface area contributed by atoms with Crippen LogP contribution in [0.25, 0.3) is 0 Å². The lowest BCUT2D eigenvalue weighted by atomic mass is 9.80. The van der Waals surface area contributed by atoms with Crippen molar-refractivity contribution >= 4 is 0 Å². The average Bonchev–Trinajstić information content (AvgIpc) is 2.32. The fraction of sp³-hybridized carbons (Fsp3) is 1.00. The van der Waals surface area contributed by atoms with Crippen LogP contribution in [0.4, 0.5) is 0 Å². The summed E-state index contributed by atoms with van der Waals surface area (Å²) in [6.07, 6.45) is 0.977. The van der Waals surface area contributed by atoms with E-state index in [-0.39, 0.29) is 11.5 Å². The number of hydrogen-bond acceptors (Lipinski definition) is 4. The van der Waals surface area contributed by atoms with Gasteiger partial charge in [0.1, 0.15) is 0 Å². The number of ether oxygens (including phenoxy) is 2. The van der Waals surface area contributed by atoms with Crippen molar-refractivity contribution in [2.75, 3.05) is 34.0 Å². The van der Waals surface area contributed by atoms with Crippen LogP contribution in [-0.4, -0.2) is 57.0 Å². The van der Waals surface area contributed by atoms with E-state index in [2.05, 4.69) is 39.5 Å². The van der Waals surface area contributed by atoms with Gasteiger partial charge in [0.15, 0.2) is 0 Å². The molecule has 0 fully saturated rings. The minimum atomic E-state index is 0.130. The van der Waals surface area contributed by atoms with Crippen molar-refractivity contribution in [1.82, 2.24) is 4.90 Å². The number of rotatable bonds is 9. The van der Waals surface area contributed by atoms with E-state index in [1.54, 1.807) is 14.2 Å². The molecule has 0 radical (unpaired) electrons. The van der Waals surface area contributed by atoms with E-state index in [4.69, 9.17) is 15.2 Å². The third-order valence-corrected chi connectivity index (χ3v) is 3.65. The van der Waals surface area contributed by atoms with Crippen LogP contribution in [-0.2, 0) is 9.47 Å². The Morgan fingerprint density at radius 2 is 1.74 bits per heavy atom. The fourth-order valence-electron chi connectivity index (χ4n) is 2.78. The summed E-state index contributed by atoms with van der Waals surface area (Å²) in [7, 11) is 3.49. The van der Waals surface area contributed by atoms with E-state index in [0.717, 1.165) is 19.6 Å². The van der Waals surface area contributed by atoms with E-state index < -0.39 is 0 Å². The van der Waals surface area contributed by atoms with Crippen molar-refractivity contribution in [3.8, 4) is 0 Å².